The molecular formula is C14H13FN2O2. The van der Waals surface area contributed by atoms with Gasteiger partial charge in [-0.3, -0.25) is 4.79 Å². The van der Waals surface area contributed by atoms with Gasteiger partial charge < -0.3 is 9.67 Å². The van der Waals surface area contributed by atoms with Gasteiger partial charge in [-0.05, 0) is 25.0 Å². The van der Waals surface area contributed by atoms with Crippen LogP contribution in [0.15, 0.2) is 30.5 Å². The second kappa shape index (κ2) is 4.50. The fourth-order valence-corrected chi connectivity index (χ4v) is 2.51. The molecule has 2 heterocycles. The molecule has 4 nitrogen and oxygen atoms in total. The molecule has 1 aromatic heterocycles. The minimum atomic E-state index is -0.807. The van der Waals surface area contributed by atoms with Crippen LogP contribution in [0.1, 0.15) is 12.1 Å². The molecule has 0 saturated carbocycles. The van der Waals surface area contributed by atoms with E-state index in [1.54, 1.807) is 24.4 Å². The lowest BCUT2D eigenvalue weighted by Crippen LogP contribution is -2.26. The molecular weight excluding hydrogens is 247 g/mol. The number of imidazole rings is 1. The number of carboxylic acids is 1. The zero-order valence-electron chi connectivity index (χ0n) is 10.2. The van der Waals surface area contributed by atoms with Crippen LogP contribution in [-0.2, 0) is 17.8 Å². The molecule has 0 amide bonds. The van der Waals surface area contributed by atoms with Gasteiger partial charge in [0.2, 0.25) is 0 Å². The number of rotatable bonds is 2. The number of benzene rings is 1. The van der Waals surface area contributed by atoms with Gasteiger partial charge in [-0.1, -0.05) is 12.1 Å². The van der Waals surface area contributed by atoms with Crippen molar-refractivity contribution in [2.45, 2.75) is 19.4 Å². The van der Waals surface area contributed by atoms with Gasteiger partial charge in [0, 0.05) is 18.4 Å². The summed E-state index contributed by atoms with van der Waals surface area (Å²) in [6.07, 6.45) is 2.98. The standard InChI is InChI=1S/C14H13FN2O2/c15-12-4-2-1-3-11(12)13-16-7-10-6-5-9(14(18)19)8-17(10)13/h1-4,7,9H,5-6,8H2,(H,18,19). The maximum Gasteiger partial charge on any atom is 0.308 e. The molecule has 3 rings (SSSR count). The Balaban J connectivity index is 2.04. The second-order valence-electron chi connectivity index (χ2n) is 4.74. The van der Waals surface area contributed by atoms with Gasteiger partial charge in [0.05, 0.1) is 11.5 Å². The Morgan fingerprint density at radius 3 is 2.95 bits per heavy atom. The van der Waals surface area contributed by atoms with Crippen LogP contribution in [0.2, 0.25) is 0 Å². The number of aryl methyl sites for hydroxylation is 1. The van der Waals surface area contributed by atoms with Crippen LogP contribution in [0.4, 0.5) is 4.39 Å². The first-order chi connectivity index (χ1) is 9.16. The van der Waals surface area contributed by atoms with Gasteiger partial charge in [0.15, 0.2) is 0 Å². The fraction of sp³-hybridized carbons (Fsp3) is 0.286. The van der Waals surface area contributed by atoms with Gasteiger partial charge >= 0.3 is 5.97 Å². The summed E-state index contributed by atoms with van der Waals surface area (Å²) in [4.78, 5) is 15.3. The van der Waals surface area contributed by atoms with Crippen molar-refractivity contribution in [2.75, 3.05) is 0 Å². The van der Waals surface area contributed by atoms with Crippen molar-refractivity contribution in [3.63, 3.8) is 0 Å². The van der Waals surface area contributed by atoms with Crippen LogP contribution in [0.3, 0.4) is 0 Å². The number of hydrogen-bond donors (Lipinski definition) is 1. The molecule has 0 fully saturated rings. The van der Waals surface area contributed by atoms with E-state index in [2.05, 4.69) is 4.98 Å². The van der Waals surface area contributed by atoms with Crippen molar-refractivity contribution in [3.05, 3.63) is 42.0 Å². The summed E-state index contributed by atoms with van der Waals surface area (Å²) in [5.74, 6) is -1.06. The van der Waals surface area contributed by atoms with Crippen LogP contribution in [0.25, 0.3) is 11.4 Å². The van der Waals surface area contributed by atoms with Crippen molar-refractivity contribution in [1.29, 1.82) is 0 Å². The highest BCUT2D eigenvalue weighted by Crippen LogP contribution is 2.28. The predicted octanol–water partition coefficient (Wildman–Crippen LogP) is 2.34. The van der Waals surface area contributed by atoms with Crippen LogP contribution in [-0.4, -0.2) is 20.6 Å². The maximum absolute atomic E-state index is 13.8. The minimum absolute atomic E-state index is 0.339. The number of carboxylic acid groups (broad SMARTS) is 1. The number of hydrogen-bond acceptors (Lipinski definition) is 2. The average Bonchev–Trinajstić information content (AvgIpc) is 2.82. The highest BCUT2D eigenvalue weighted by molar-refractivity contribution is 5.70. The molecule has 0 bridgehead atoms. The Morgan fingerprint density at radius 2 is 2.21 bits per heavy atom. The molecule has 98 valence electrons. The lowest BCUT2D eigenvalue weighted by atomic mass is 9.98. The zero-order chi connectivity index (χ0) is 13.4. The summed E-state index contributed by atoms with van der Waals surface area (Å²) in [6.45, 7) is 0.355. The van der Waals surface area contributed by atoms with E-state index in [4.69, 9.17) is 5.11 Å². The van der Waals surface area contributed by atoms with E-state index in [1.165, 1.54) is 6.07 Å². The summed E-state index contributed by atoms with van der Waals surface area (Å²) in [7, 11) is 0. The smallest absolute Gasteiger partial charge is 0.308 e. The topological polar surface area (TPSA) is 55.1 Å². The van der Waals surface area contributed by atoms with E-state index in [-0.39, 0.29) is 5.82 Å². The Hall–Kier alpha value is -2.17. The Bertz CT molecular complexity index is 636. The second-order valence-corrected chi connectivity index (χ2v) is 4.74. The van der Waals surface area contributed by atoms with Crippen molar-refractivity contribution in [2.24, 2.45) is 5.92 Å². The fourth-order valence-electron chi connectivity index (χ4n) is 2.51. The van der Waals surface area contributed by atoms with E-state index >= 15 is 0 Å². The van der Waals surface area contributed by atoms with E-state index in [9.17, 15) is 9.18 Å². The average molecular weight is 260 g/mol. The number of halogens is 1. The number of carbonyl (C=O) groups is 1. The zero-order valence-corrected chi connectivity index (χ0v) is 10.2. The van der Waals surface area contributed by atoms with Gasteiger partial charge in [-0.2, -0.15) is 0 Å². The molecule has 2 aromatic rings. The summed E-state index contributed by atoms with van der Waals surface area (Å²) in [5.41, 5.74) is 1.38. The van der Waals surface area contributed by atoms with Crippen LogP contribution in [0.5, 0.6) is 0 Å². The highest BCUT2D eigenvalue weighted by Gasteiger charge is 2.27. The quantitative estimate of drug-likeness (QED) is 0.901. The Morgan fingerprint density at radius 1 is 1.42 bits per heavy atom. The third-order valence-corrected chi connectivity index (χ3v) is 3.55. The highest BCUT2D eigenvalue weighted by atomic mass is 19.1. The summed E-state index contributed by atoms with van der Waals surface area (Å²) in [5, 5.41) is 9.11. The number of nitrogens with zero attached hydrogens (tertiary/aromatic N) is 2. The number of aliphatic carboxylic acids is 1. The molecule has 0 aliphatic carbocycles. The van der Waals surface area contributed by atoms with Crippen LogP contribution >= 0.6 is 0 Å². The molecule has 0 radical (unpaired) electrons. The van der Waals surface area contributed by atoms with Crippen LogP contribution in [0, 0.1) is 11.7 Å². The SMILES string of the molecule is O=C(O)C1CCc2cnc(-c3ccccc3F)n2C1. The largest absolute Gasteiger partial charge is 0.481 e. The first-order valence-electron chi connectivity index (χ1n) is 6.19. The van der Waals surface area contributed by atoms with Gasteiger partial charge in [-0.15, -0.1) is 0 Å². The van der Waals surface area contributed by atoms with E-state index in [1.807, 2.05) is 4.57 Å². The Kier molecular flexibility index (Phi) is 2.81. The van der Waals surface area contributed by atoms with E-state index in [0.717, 1.165) is 5.69 Å². The molecule has 1 unspecified atom stereocenters. The predicted molar refractivity (Wildman–Crippen MR) is 67.1 cm³/mol. The molecule has 1 aromatic carbocycles. The maximum atomic E-state index is 13.8. The molecule has 5 heteroatoms. The third kappa shape index (κ3) is 2.01. The van der Waals surface area contributed by atoms with E-state index in [0.29, 0.717) is 30.8 Å². The molecule has 1 N–H and O–H groups in total. The third-order valence-electron chi connectivity index (χ3n) is 3.55. The molecule has 1 aliphatic rings. The summed E-state index contributed by atoms with van der Waals surface area (Å²) >= 11 is 0. The normalized spacial score (nSPS) is 18.1. The van der Waals surface area contributed by atoms with Crippen molar-refractivity contribution in [1.82, 2.24) is 9.55 Å². The number of aromatic nitrogens is 2. The molecule has 19 heavy (non-hydrogen) atoms. The molecule has 0 spiro atoms. The summed E-state index contributed by atoms with van der Waals surface area (Å²) in [6, 6.07) is 6.42. The first-order valence-corrected chi connectivity index (χ1v) is 6.19. The summed E-state index contributed by atoms with van der Waals surface area (Å²) < 4.78 is 15.6. The minimum Gasteiger partial charge on any atom is -0.481 e. The Labute approximate surface area is 109 Å². The lowest BCUT2D eigenvalue weighted by molar-refractivity contribution is -0.142. The van der Waals surface area contributed by atoms with E-state index < -0.39 is 11.9 Å². The molecule has 1 aliphatic heterocycles. The van der Waals surface area contributed by atoms with Crippen molar-refractivity contribution < 1.29 is 14.3 Å². The van der Waals surface area contributed by atoms with Gasteiger partial charge in [-0.25, -0.2) is 9.37 Å². The number of fused-ring (bicyclic) bond motifs is 1. The first kappa shape index (κ1) is 11.9. The van der Waals surface area contributed by atoms with Crippen molar-refractivity contribution >= 4 is 5.97 Å². The molecule has 0 saturated heterocycles. The molecule has 1 atom stereocenters. The van der Waals surface area contributed by atoms with Gasteiger partial charge in [0.1, 0.15) is 11.6 Å². The van der Waals surface area contributed by atoms with Crippen LogP contribution < -0.4 is 0 Å². The lowest BCUT2D eigenvalue weighted by Gasteiger charge is -2.22. The van der Waals surface area contributed by atoms with Crippen molar-refractivity contribution in [3.8, 4) is 11.4 Å². The van der Waals surface area contributed by atoms with Gasteiger partial charge in [0.25, 0.3) is 0 Å². The monoisotopic (exact) mass is 260 g/mol.